The lowest BCUT2D eigenvalue weighted by atomic mass is 10.0. The van der Waals surface area contributed by atoms with E-state index < -0.39 is 5.97 Å². The van der Waals surface area contributed by atoms with Crippen molar-refractivity contribution in [2.75, 3.05) is 13.1 Å². The Bertz CT molecular complexity index is 333. The molecule has 1 aliphatic heterocycles. The number of hydrogen-bond acceptors (Lipinski definition) is 2. The number of unbranched alkanes of at least 4 members (excludes halogenated alkanes) is 3. The molecule has 122 valence electrons. The van der Waals surface area contributed by atoms with E-state index in [2.05, 4.69) is 19.2 Å². The molecule has 2 unspecified atom stereocenters. The smallest absolute Gasteiger partial charge is 0.317 e. The molecule has 2 atom stereocenters. The van der Waals surface area contributed by atoms with Crippen LogP contribution in [0.4, 0.5) is 4.79 Å². The van der Waals surface area contributed by atoms with Gasteiger partial charge in [0.2, 0.25) is 0 Å². The number of urea groups is 1. The van der Waals surface area contributed by atoms with E-state index in [-0.39, 0.29) is 18.5 Å². The molecule has 21 heavy (non-hydrogen) atoms. The lowest BCUT2D eigenvalue weighted by molar-refractivity contribution is -0.137. The Morgan fingerprint density at radius 1 is 1.33 bits per heavy atom. The Kier molecular flexibility index (Phi) is 8.16. The van der Waals surface area contributed by atoms with E-state index in [1.54, 1.807) is 0 Å². The number of amides is 2. The maximum atomic E-state index is 12.1. The van der Waals surface area contributed by atoms with Crippen LogP contribution in [0, 0.1) is 5.92 Å². The van der Waals surface area contributed by atoms with Gasteiger partial charge in [0.25, 0.3) is 0 Å². The van der Waals surface area contributed by atoms with Crippen molar-refractivity contribution in [1.82, 2.24) is 10.2 Å². The Morgan fingerprint density at radius 3 is 2.76 bits per heavy atom. The van der Waals surface area contributed by atoms with Gasteiger partial charge in [-0.25, -0.2) is 4.79 Å². The van der Waals surface area contributed by atoms with Crippen LogP contribution in [0.5, 0.6) is 0 Å². The lowest BCUT2D eigenvalue weighted by Crippen LogP contribution is -2.42. The molecule has 1 rings (SSSR count). The number of nitrogens with one attached hydrogen (secondary N) is 1. The Labute approximate surface area is 128 Å². The molecule has 0 bridgehead atoms. The van der Waals surface area contributed by atoms with E-state index in [1.807, 2.05) is 4.90 Å². The Morgan fingerprint density at radius 2 is 2.10 bits per heavy atom. The monoisotopic (exact) mass is 298 g/mol. The van der Waals surface area contributed by atoms with Gasteiger partial charge in [-0.2, -0.15) is 0 Å². The maximum absolute atomic E-state index is 12.1. The summed E-state index contributed by atoms with van der Waals surface area (Å²) in [4.78, 5) is 24.5. The average Bonchev–Trinajstić information content (AvgIpc) is 2.90. The summed E-state index contributed by atoms with van der Waals surface area (Å²) in [7, 11) is 0. The largest absolute Gasteiger partial charge is 0.481 e. The second kappa shape index (κ2) is 9.64. The minimum atomic E-state index is -0.751. The Hall–Kier alpha value is -1.26. The first-order valence-corrected chi connectivity index (χ1v) is 8.30. The molecule has 0 aliphatic carbocycles. The van der Waals surface area contributed by atoms with Gasteiger partial charge in [0.05, 0.1) is 0 Å². The normalized spacial score (nSPS) is 19.5. The van der Waals surface area contributed by atoms with Gasteiger partial charge in [-0.3, -0.25) is 4.79 Å². The minimum absolute atomic E-state index is 0.0100. The molecule has 2 amide bonds. The number of carboxylic acids is 1. The van der Waals surface area contributed by atoms with Crippen LogP contribution in [-0.2, 0) is 4.79 Å². The molecule has 1 heterocycles. The first-order valence-electron chi connectivity index (χ1n) is 8.30. The molecule has 5 nitrogen and oxygen atoms in total. The molecular formula is C16H30N2O3. The fourth-order valence-corrected chi connectivity index (χ4v) is 2.83. The summed E-state index contributed by atoms with van der Waals surface area (Å²) in [6, 6.07) is 0.225. The molecule has 5 heteroatoms. The van der Waals surface area contributed by atoms with E-state index in [0.717, 1.165) is 25.8 Å². The molecule has 0 aromatic heterocycles. The molecule has 0 aromatic rings. The van der Waals surface area contributed by atoms with Crippen molar-refractivity contribution in [3.8, 4) is 0 Å². The number of carbonyl (C=O) groups excluding carboxylic acids is 1. The predicted molar refractivity (Wildman–Crippen MR) is 83.3 cm³/mol. The number of likely N-dealkylation sites (tertiary alicyclic amines) is 1. The number of rotatable bonds is 9. The van der Waals surface area contributed by atoms with Crippen molar-refractivity contribution in [3.63, 3.8) is 0 Å². The van der Waals surface area contributed by atoms with Crippen molar-refractivity contribution < 1.29 is 14.7 Å². The van der Waals surface area contributed by atoms with Gasteiger partial charge >= 0.3 is 12.0 Å². The third-order valence-electron chi connectivity index (χ3n) is 4.20. The van der Waals surface area contributed by atoms with E-state index >= 15 is 0 Å². The van der Waals surface area contributed by atoms with Crippen molar-refractivity contribution in [1.29, 1.82) is 0 Å². The van der Waals surface area contributed by atoms with Crippen LogP contribution in [0.1, 0.15) is 65.2 Å². The highest BCUT2D eigenvalue weighted by molar-refractivity contribution is 5.74. The number of carbonyl (C=O) groups is 2. The van der Waals surface area contributed by atoms with Gasteiger partial charge in [0.1, 0.15) is 0 Å². The van der Waals surface area contributed by atoms with Gasteiger partial charge in [-0.05, 0) is 32.1 Å². The third kappa shape index (κ3) is 7.34. The summed E-state index contributed by atoms with van der Waals surface area (Å²) in [5.41, 5.74) is 0. The molecule has 1 saturated heterocycles. The summed E-state index contributed by atoms with van der Waals surface area (Å²) in [5, 5.41) is 11.8. The molecule has 2 N–H and O–H groups in total. The fourth-order valence-electron chi connectivity index (χ4n) is 2.83. The van der Waals surface area contributed by atoms with Gasteiger partial charge in [-0.1, -0.05) is 32.6 Å². The first kappa shape index (κ1) is 17.8. The zero-order valence-corrected chi connectivity index (χ0v) is 13.4. The van der Waals surface area contributed by atoms with Gasteiger partial charge in [0, 0.05) is 25.6 Å². The topological polar surface area (TPSA) is 69.6 Å². The zero-order chi connectivity index (χ0) is 15.7. The SMILES string of the molecule is CCCCCCC(C)NC(=O)N1CCC(CCC(=O)O)C1. The number of nitrogens with zero attached hydrogens (tertiary/aromatic N) is 1. The van der Waals surface area contributed by atoms with Crippen molar-refractivity contribution in [2.24, 2.45) is 5.92 Å². The molecule has 0 radical (unpaired) electrons. The molecule has 1 aliphatic rings. The summed E-state index contributed by atoms with van der Waals surface area (Å²) >= 11 is 0. The van der Waals surface area contributed by atoms with Gasteiger partial charge < -0.3 is 15.3 Å². The summed E-state index contributed by atoms with van der Waals surface area (Å²) in [5.74, 6) is -0.412. The van der Waals surface area contributed by atoms with E-state index in [4.69, 9.17) is 5.11 Å². The van der Waals surface area contributed by atoms with Crippen LogP contribution in [0.3, 0.4) is 0 Å². The van der Waals surface area contributed by atoms with Crippen LogP contribution in [0.15, 0.2) is 0 Å². The van der Waals surface area contributed by atoms with Gasteiger partial charge in [-0.15, -0.1) is 0 Å². The predicted octanol–water partition coefficient (Wildman–Crippen LogP) is 3.24. The standard InChI is InChI=1S/C16H30N2O3/c1-3-4-5-6-7-13(2)17-16(21)18-11-10-14(12-18)8-9-15(19)20/h13-14H,3-12H2,1-2H3,(H,17,21)(H,19,20). The highest BCUT2D eigenvalue weighted by Gasteiger charge is 2.26. The van der Waals surface area contributed by atoms with E-state index in [0.29, 0.717) is 18.9 Å². The van der Waals surface area contributed by atoms with Gasteiger partial charge in [0.15, 0.2) is 0 Å². The molecule has 0 aromatic carbocycles. The van der Waals surface area contributed by atoms with E-state index in [9.17, 15) is 9.59 Å². The second-order valence-corrected chi connectivity index (χ2v) is 6.23. The third-order valence-corrected chi connectivity index (χ3v) is 4.20. The number of hydrogen-bond donors (Lipinski definition) is 2. The van der Waals surface area contributed by atoms with Crippen molar-refractivity contribution in [3.05, 3.63) is 0 Å². The number of carboxylic acid groups (broad SMARTS) is 1. The molecule has 0 spiro atoms. The summed E-state index contributed by atoms with van der Waals surface area (Å²) in [6.07, 6.45) is 7.71. The first-order chi connectivity index (χ1) is 10.0. The molecule has 1 fully saturated rings. The van der Waals surface area contributed by atoms with Crippen LogP contribution < -0.4 is 5.32 Å². The quantitative estimate of drug-likeness (QED) is 0.642. The van der Waals surface area contributed by atoms with Crippen LogP contribution in [-0.4, -0.2) is 41.1 Å². The molecule has 0 saturated carbocycles. The van der Waals surface area contributed by atoms with Crippen molar-refractivity contribution >= 4 is 12.0 Å². The second-order valence-electron chi connectivity index (χ2n) is 6.23. The minimum Gasteiger partial charge on any atom is -0.481 e. The summed E-state index contributed by atoms with van der Waals surface area (Å²) < 4.78 is 0. The highest BCUT2D eigenvalue weighted by atomic mass is 16.4. The van der Waals surface area contributed by atoms with Crippen molar-refractivity contribution in [2.45, 2.75) is 71.3 Å². The van der Waals surface area contributed by atoms with Crippen LogP contribution in [0.2, 0.25) is 0 Å². The maximum Gasteiger partial charge on any atom is 0.317 e. The lowest BCUT2D eigenvalue weighted by Gasteiger charge is -2.21. The number of aliphatic carboxylic acids is 1. The van der Waals surface area contributed by atoms with Crippen LogP contribution in [0.25, 0.3) is 0 Å². The highest BCUT2D eigenvalue weighted by Crippen LogP contribution is 2.21. The zero-order valence-electron chi connectivity index (χ0n) is 13.4. The summed E-state index contributed by atoms with van der Waals surface area (Å²) in [6.45, 7) is 5.70. The average molecular weight is 298 g/mol. The Balaban J connectivity index is 2.19. The molecular weight excluding hydrogens is 268 g/mol. The van der Waals surface area contributed by atoms with Crippen LogP contribution >= 0.6 is 0 Å². The van der Waals surface area contributed by atoms with E-state index in [1.165, 1.54) is 19.3 Å². The fraction of sp³-hybridized carbons (Fsp3) is 0.875.